The van der Waals surface area contributed by atoms with Crippen molar-refractivity contribution in [3.8, 4) is 0 Å². The Morgan fingerprint density at radius 1 is 1.64 bits per heavy atom. The SMILES string of the molecule is Nc1cc(Cl)ncc1NC1CCOC1. The van der Waals surface area contributed by atoms with Gasteiger partial charge >= 0.3 is 0 Å². The predicted molar refractivity (Wildman–Crippen MR) is 56.5 cm³/mol. The molecule has 0 bridgehead atoms. The molecular weight excluding hydrogens is 202 g/mol. The maximum absolute atomic E-state index is 5.77. The molecule has 0 aromatic carbocycles. The van der Waals surface area contributed by atoms with Crippen molar-refractivity contribution < 1.29 is 4.74 Å². The Morgan fingerprint density at radius 3 is 3.14 bits per heavy atom. The number of pyridine rings is 1. The van der Waals surface area contributed by atoms with Crippen molar-refractivity contribution >= 4 is 23.0 Å². The van der Waals surface area contributed by atoms with Gasteiger partial charge in [-0.05, 0) is 6.42 Å². The van der Waals surface area contributed by atoms with E-state index in [1.54, 1.807) is 12.3 Å². The Morgan fingerprint density at radius 2 is 2.50 bits per heavy atom. The van der Waals surface area contributed by atoms with Crippen LogP contribution in [-0.2, 0) is 4.74 Å². The summed E-state index contributed by atoms with van der Waals surface area (Å²) in [5.74, 6) is 0. The third-order valence-corrected chi connectivity index (χ3v) is 2.40. The highest BCUT2D eigenvalue weighted by Gasteiger charge is 2.16. The van der Waals surface area contributed by atoms with Gasteiger partial charge in [0.1, 0.15) is 5.15 Å². The molecule has 0 spiro atoms. The number of nitrogens with two attached hydrogens (primary N) is 1. The van der Waals surface area contributed by atoms with E-state index >= 15 is 0 Å². The third kappa shape index (κ3) is 2.08. The van der Waals surface area contributed by atoms with Crippen LogP contribution in [0.1, 0.15) is 6.42 Å². The topological polar surface area (TPSA) is 60.2 Å². The van der Waals surface area contributed by atoms with E-state index in [1.165, 1.54) is 0 Å². The molecule has 4 nitrogen and oxygen atoms in total. The van der Waals surface area contributed by atoms with Crippen molar-refractivity contribution in [2.75, 3.05) is 24.3 Å². The van der Waals surface area contributed by atoms with Crippen LogP contribution in [-0.4, -0.2) is 24.2 Å². The van der Waals surface area contributed by atoms with E-state index in [0.29, 0.717) is 16.9 Å². The molecule has 0 radical (unpaired) electrons. The molecule has 1 atom stereocenters. The minimum absolute atomic E-state index is 0.334. The number of nitrogens with one attached hydrogen (secondary N) is 1. The molecule has 2 rings (SSSR count). The lowest BCUT2D eigenvalue weighted by molar-refractivity contribution is 0.195. The molecule has 14 heavy (non-hydrogen) atoms. The molecule has 1 aliphatic heterocycles. The summed E-state index contributed by atoms with van der Waals surface area (Å²) >= 11 is 5.69. The van der Waals surface area contributed by atoms with Crippen molar-refractivity contribution in [1.29, 1.82) is 0 Å². The zero-order valence-electron chi connectivity index (χ0n) is 7.66. The minimum atomic E-state index is 0.334. The van der Waals surface area contributed by atoms with E-state index in [0.717, 1.165) is 25.3 Å². The summed E-state index contributed by atoms with van der Waals surface area (Å²) in [4.78, 5) is 3.96. The molecule has 1 fully saturated rings. The molecule has 1 aromatic rings. The van der Waals surface area contributed by atoms with Crippen LogP contribution in [0.25, 0.3) is 0 Å². The summed E-state index contributed by atoms with van der Waals surface area (Å²) in [5.41, 5.74) is 7.22. The monoisotopic (exact) mass is 213 g/mol. The smallest absolute Gasteiger partial charge is 0.131 e. The predicted octanol–water partition coefficient (Wildman–Crippen LogP) is 1.52. The maximum Gasteiger partial charge on any atom is 0.131 e. The number of nitrogens with zero attached hydrogens (tertiary/aromatic N) is 1. The highest BCUT2D eigenvalue weighted by molar-refractivity contribution is 6.29. The number of hydrogen-bond acceptors (Lipinski definition) is 4. The molecule has 1 aliphatic rings. The van der Waals surface area contributed by atoms with Gasteiger partial charge in [0.05, 0.1) is 30.2 Å². The van der Waals surface area contributed by atoms with Crippen LogP contribution in [0.5, 0.6) is 0 Å². The van der Waals surface area contributed by atoms with Gasteiger partial charge in [-0.15, -0.1) is 0 Å². The summed E-state index contributed by atoms with van der Waals surface area (Å²) < 4.78 is 5.24. The molecule has 76 valence electrons. The van der Waals surface area contributed by atoms with Gasteiger partial charge in [0.15, 0.2) is 0 Å². The van der Waals surface area contributed by atoms with Gasteiger partial charge in [0, 0.05) is 12.7 Å². The Balaban J connectivity index is 2.08. The Bertz CT molecular complexity index is 326. The second kappa shape index (κ2) is 4.02. The summed E-state index contributed by atoms with van der Waals surface area (Å²) in [6.45, 7) is 1.53. The molecule has 1 unspecified atom stereocenters. The minimum Gasteiger partial charge on any atom is -0.397 e. The van der Waals surface area contributed by atoms with Crippen molar-refractivity contribution in [1.82, 2.24) is 4.98 Å². The first-order valence-corrected chi connectivity index (χ1v) is 4.89. The van der Waals surface area contributed by atoms with Crippen molar-refractivity contribution in [3.05, 3.63) is 17.4 Å². The van der Waals surface area contributed by atoms with Crippen molar-refractivity contribution in [3.63, 3.8) is 0 Å². The number of hydrogen-bond donors (Lipinski definition) is 2. The van der Waals surface area contributed by atoms with E-state index in [-0.39, 0.29) is 0 Å². The van der Waals surface area contributed by atoms with Gasteiger partial charge in [-0.3, -0.25) is 0 Å². The summed E-state index contributed by atoms with van der Waals surface area (Å²) in [7, 11) is 0. The molecule has 5 heteroatoms. The van der Waals surface area contributed by atoms with Gasteiger partial charge in [0.2, 0.25) is 0 Å². The van der Waals surface area contributed by atoms with Crippen molar-refractivity contribution in [2.24, 2.45) is 0 Å². The van der Waals surface area contributed by atoms with Crippen LogP contribution in [0, 0.1) is 0 Å². The Kier molecular flexibility index (Phi) is 2.74. The average Bonchev–Trinajstić information content (AvgIpc) is 2.62. The number of rotatable bonds is 2. The maximum atomic E-state index is 5.77. The molecule has 0 aliphatic carbocycles. The second-order valence-electron chi connectivity index (χ2n) is 3.30. The quantitative estimate of drug-likeness (QED) is 0.732. The molecule has 1 aromatic heterocycles. The molecular formula is C9H12ClN3O. The lowest BCUT2D eigenvalue weighted by Crippen LogP contribution is -2.19. The first-order valence-electron chi connectivity index (χ1n) is 4.51. The fraction of sp³-hybridized carbons (Fsp3) is 0.444. The molecule has 3 N–H and O–H groups in total. The highest BCUT2D eigenvalue weighted by atomic mass is 35.5. The normalized spacial score (nSPS) is 21.1. The zero-order valence-corrected chi connectivity index (χ0v) is 8.42. The van der Waals surface area contributed by atoms with Crippen LogP contribution in [0.2, 0.25) is 5.15 Å². The first kappa shape index (κ1) is 9.55. The summed E-state index contributed by atoms with van der Waals surface area (Å²) in [6, 6.07) is 1.97. The van der Waals surface area contributed by atoms with E-state index in [9.17, 15) is 0 Å². The fourth-order valence-electron chi connectivity index (χ4n) is 1.43. The summed E-state index contributed by atoms with van der Waals surface area (Å²) in [6.07, 6.45) is 2.65. The van der Waals surface area contributed by atoms with Gasteiger partial charge in [-0.1, -0.05) is 11.6 Å². The molecule has 2 heterocycles. The number of aromatic nitrogens is 1. The van der Waals surface area contributed by atoms with Gasteiger partial charge in [-0.2, -0.15) is 0 Å². The van der Waals surface area contributed by atoms with E-state index in [2.05, 4.69) is 10.3 Å². The molecule has 1 saturated heterocycles. The lowest BCUT2D eigenvalue weighted by atomic mass is 10.2. The van der Waals surface area contributed by atoms with Crippen molar-refractivity contribution in [2.45, 2.75) is 12.5 Å². The van der Waals surface area contributed by atoms with Gasteiger partial charge < -0.3 is 15.8 Å². The van der Waals surface area contributed by atoms with E-state index < -0.39 is 0 Å². The summed E-state index contributed by atoms with van der Waals surface area (Å²) in [5, 5.41) is 3.68. The zero-order chi connectivity index (χ0) is 9.97. The van der Waals surface area contributed by atoms with E-state index in [1.807, 2.05) is 0 Å². The van der Waals surface area contributed by atoms with Crippen LogP contribution >= 0.6 is 11.6 Å². The highest BCUT2D eigenvalue weighted by Crippen LogP contribution is 2.22. The Hall–Kier alpha value is -1.00. The largest absolute Gasteiger partial charge is 0.397 e. The Labute approximate surface area is 87.4 Å². The second-order valence-corrected chi connectivity index (χ2v) is 3.69. The van der Waals surface area contributed by atoms with E-state index in [4.69, 9.17) is 22.1 Å². The van der Waals surface area contributed by atoms with Gasteiger partial charge in [0.25, 0.3) is 0 Å². The van der Waals surface area contributed by atoms with Crippen LogP contribution < -0.4 is 11.1 Å². The first-order chi connectivity index (χ1) is 6.75. The number of anilines is 2. The molecule has 0 saturated carbocycles. The third-order valence-electron chi connectivity index (χ3n) is 2.19. The van der Waals surface area contributed by atoms with Crippen LogP contribution in [0.4, 0.5) is 11.4 Å². The standard InChI is InChI=1S/C9H12ClN3O/c10-9-3-7(11)8(4-12-9)13-6-1-2-14-5-6/h3-4,6,13H,1-2,5H2,(H2,11,12). The average molecular weight is 214 g/mol. The molecule has 0 amide bonds. The van der Waals surface area contributed by atoms with Gasteiger partial charge in [-0.25, -0.2) is 4.98 Å². The fourth-order valence-corrected chi connectivity index (χ4v) is 1.60. The van der Waals surface area contributed by atoms with Crippen LogP contribution in [0.15, 0.2) is 12.3 Å². The van der Waals surface area contributed by atoms with Crippen LogP contribution in [0.3, 0.4) is 0 Å². The number of ether oxygens (including phenoxy) is 1. The number of nitrogen functional groups attached to an aromatic ring is 1. The number of halogens is 1. The lowest BCUT2D eigenvalue weighted by Gasteiger charge is -2.13.